The van der Waals surface area contributed by atoms with Crippen molar-refractivity contribution in [2.75, 3.05) is 6.54 Å². The molecule has 0 saturated heterocycles. The van der Waals surface area contributed by atoms with E-state index in [1.807, 2.05) is 6.92 Å². The summed E-state index contributed by atoms with van der Waals surface area (Å²) in [4.78, 5) is 4.59. The molecule has 0 aliphatic heterocycles. The minimum absolute atomic E-state index is 0. The van der Waals surface area contributed by atoms with E-state index in [1.165, 1.54) is 0 Å². The average Bonchev–Trinajstić information content (AvgIpc) is 2.96. The Hall–Kier alpha value is -1.21. The number of halogens is 1. The highest BCUT2D eigenvalue weighted by atomic mass is 35.5. The van der Waals surface area contributed by atoms with Crippen LogP contribution in [0, 0.1) is 6.92 Å². The number of rotatable bonds is 4. The second-order valence-electron chi connectivity index (χ2n) is 6.08. The highest BCUT2D eigenvalue weighted by Crippen LogP contribution is 2.32. The molecule has 2 aromatic rings. The molecule has 3 N–H and O–H groups in total. The van der Waals surface area contributed by atoms with Gasteiger partial charge in [-0.05, 0) is 43.5 Å². The molecule has 7 heteroatoms. The molecule has 126 valence electrons. The first-order valence-electron chi connectivity index (χ1n) is 7.56. The maximum atomic E-state index is 12.9. The van der Waals surface area contributed by atoms with Gasteiger partial charge in [0.25, 0.3) is 0 Å². The molecule has 0 radical (unpaired) electrons. The lowest BCUT2D eigenvalue weighted by Crippen LogP contribution is -2.51. The molecule has 1 aliphatic carbocycles. The number of fused-ring (bicyclic) bond motifs is 1. The maximum absolute atomic E-state index is 12.9. The lowest BCUT2D eigenvalue weighted by Gasteiger charge is -2.28. The number of nitrogens with one attached hydrogen (secondary N) is 1. The Balaban J connectivity index is 0.00000192. The number of nitrogens with zero attached hydrogens (tertiary/aromatic N) is 1. The molecular weight excluding hydrogens is 334 g/mol. The molecule has 1 heterocycles. The van der Waals surface area contributed by atoms with Gasteiger partial charge in [0.05, 0.1) is 10.4 Å². The van der Waals surface area contributed by atoms with E-state index in [2.05, 4.69) is 9.71 Å². The summed E-state index contributed by atoms with van der Waals surface area (Å²) in [6.07, 6.45) is 5.29. The van der Waals surface area contributed by atoms with Crippen LogP contribution in [-0.4, -0.2) is 25.5 Å². The van der Waals surface area contributed by atoms with Gasteiger partial charge in [-0.15, -0.1) is 12.4 Å². The van der Waals surface area contributed by atoms with Crippen LogP contribution in [0.4, 0.5) is 0 Å². The van der Waals surface area contributed by atoms with Gasteiger partial charge in [-0.3, -0.25) is 4.98 Å². The van der Waals surface area contributed by atoms with Crippen LogP contribution >= 0.6 is 12.4 Å². The Kier molecular flexibility index (Phi) is 5.30. The second-order valence-corrected chi connectivity index (χ2v) is 7.73. The van der Waals surface area contributed by atoms with Crippen molar-refractivity contribution in [3.8, 4) is 0 Å². The van der Waals surface area contributed by atoms with Crippen molar-refractivity contribution >= 4 is 33.3 Å². The smallest absolute Gasteiger partial charge is 0.241 e. The minimum Gasteiger partial charge on any atom is -0.329 e. The number of aryl methyl sites for hydroxylation is 1. The van der Waals surface area contributed by atoms with Crippen LogP contribution in [-0.2, 0) is 10.0 Å². The Morgan fingerprint density at radius 1 is 1.26 bits per heavy atom. The number of aromatic nitrogens is 1. The van der Waals surface area contributed by atoms with E-state index in [4.69, 9.17) is 5.73 Å². The minimum atomic E-state index is -3.63. The molecule has 1 aromatic carbocycles. The Labute approximate surface area is 143 Å². The van der Waals surface area contributed by atoms with Crippen LogP contribution in [0.15, 0.2) is 35.4 Å². The third kappa shape index (κ3) is 3.35. The summed E-state index contributed by atoms with van der Waals surface area (Å²) in [5.41, 5.74) is 7.03. The van der Waals surface area contributed by atoms with Crippen LogP contribution in [0.5, 0.6) is 0 Å². The number of benzene rings is 1. The highest BCUT2D eigenvalue weighted by molar-refractivity contribution is 7.89. The summed E-state index contributed by atoms with van der Waals surface area (Å²) in [6, 6.07) is 7.01. The molecule has 0 bridgehead atoms. The van der Waals surface area contributed by atoms with E-state index in [9.17, 15) is 8.42 Å². The van der Waals surface area contributed by atoms with E-state index in [0.29, 0.717) is 11.9 Å². The normalized spacial score (nSPS) is 17.1. The third-order valence-corrected chi connectivity index (χ3v) is 6.16. The molecular formula is C16H22ClN3O2S. The fraction of sp³-hybridized carbons (Fsp3) is 0.438. The first-order chi connectivity index (χ1) is 10.5. The number of hydrogen-bond donors (Lipinski definition) is 2. The predicted octanol–water partition coefficient (Wildman–Crippen LogP) is 2.51. The van der Waals surface area contributed by atoms with Gasteiger partial charge in [-0.25, -0.2) is 13.1 Å². The van der Waals surface area contributed by atoms with E-state index >= 15 is 0 Å². The molecule has 0 amide bonds. The van der Waals surface area contributed by atoms with Crippen molar-refractivity contribution in [2.24, 2.45) is 5.73 Å². The van der Waals surface area contributed by atoms with Crippen LogP contribution in [0.3, 0.4) is 0 Å². The van der Waals surface area contributed by atoms with Gasteiger partial charge in [-0.1, -0.05) is 18.9 Å². The van der Waals surface area contributed by atoms with Gasteiger partial charge in [-0.2, -0.15) is 0 Å². The molecule has 0 unspecified atom stereocenters. The SMILES string of the molecule is Cc1ccc(S(=O)(=O)NC2(CN)CCCC2)c2cccnc12.Cl. The summed E-state index contributed by atoms with van der Waals surface area (Å²) in [5, 5.41) is 0.653. The van der Waals surface area contributed by atoms with Crippen LogP contribution in [0.2, 0.25) is 0 Å². The third-order valence-electron chi connectivity index (χ3n) is 4.52. The summed E-state index contributed by atoms with van der Waals surface area (Å²) < 4.78 is 28.6. The maximum Gasteiger partial charge on any atom is 0.241 e. The molecule has 23 heavy (non-hydrogen) atoms. The number of sulfonamides is 1. The van der Waals surface area contributed by atoms with Gasteiger partial charge in [0.2, 0.25) is 10.0 Å². The van der Waals surface area contributed by atoms with Gasteiger partial charge in [0.1, 0.15) is 0 Å². The van der Waals surface area contributed by atoms with E-state index in [0.717, 1.165) is 36.8 Å². The quantitative estimate of drug-likeness (QED) is 0.882. The zero-order chi connectivity index (χ0) is 15.8. The lowest BCUT2D eigenvalue weighted by atomic mass is 10.0. The fourth-order valence-corrected chi connectivity index (χ4v) is 4.93. The second kappa shape index (κ2) is 6.73. The van der Waals surface area contributed by atoms with E-state index in [-0.39, 0.29) is 17.3 Å². The first kappa shape index (κ1) is 18.1. The van der Waals surface area contributed by atoms with Crippen LogP contribution < -0.4 is 10.5 Å². The van der Waals surface area contributed by atoms with Crippen molar-refractivity contribution in [3.63, 3.8) is 0 Å². The van der Waals surface area contributed by atoms with E-state index in [1.54, 1.807) is 30.5 Å². The molecule has 1 aliphatic rings. The van der Waals surface area contributed by atoms with Crippen molar-refractivity contribution in [1.82, 2.24) is 9.71 Å². The molecule has 0 atom stereocenters. The molecule has 1 saturated carbocycles. The first-order valence-corrected chi connectivity index (χ1v) is 9.04. The topological polar surface area (TPSA) is 85.1 Å². The molecule has 0 spiro atoms. The summed E-state index contributed by atoms with van der Waals surface area (Å²) in [6.45, 7) is 2.26. The average molecular weight is 356 g/mol. The van der Waals surface area contributed by atoms with E-state index < -0.39 is 15.6 Å². The summed E-state index contributed by atoms with van der Waals surface area (Å²) >= 11 is 0. The van der Waals surface area contributed by atoms with Gasteiger partial charge < -0.3 is 5.73 Å². The van der Waals surface area contributed by atoms with Gasteiger partial charge in [0, 0.05) is 23.7 Å². The fourth-order valence-electron chi connectivity index (χ4n) is 3.26. The summed E-state index contributed by atoms with van der Waals surface area (Å²) in [5.74, 6) is 0. The highest BCUT2D eigenvalue weighted by Gasteiger charge is 2.37. The number of nitrogens with two attached hydrogens (primary N) is 1. The molecule has 1 fully saturated rings. The summed E-state index contributed by atoms with van der Waals surface area (Å²) in [7, 11) is -3.63. The number of hydrogen-bond acceptors (Lipinski definition) is 4. The van der Waals surface area contributed by atoms with Crippen molar-refractivity contribution in [3.05, 3.63) is 36.0 Å². The van der Waals surface area contributed by atoms with Crippen molar-refractivity contribution < 1.29 is 8.42 Å². The Bertz CT molecular complexity index is 802. The Morgan fingerprint density at radius 2 is 1.96 bits per heavy atom. The zero-order valence-electron chi connectivity index (χ0n) is 13.1. The van der Waals surface area contributed by atoms with Gasteiger partial charge in [0.15, 0.2) is 0 Å². The van der Waals surface area contributed by atoms with Crippen molar-refractivity contribution in [1.29, 1.82) is 0 Å². The molecule has 1 aromatic heterocycles. The molecule has 5 nitrogen and oxygen atoms in total. The Morgan fingerprint density at radius 3 is 2.61 bits per heavy atom. The zero-order valence-corrected chi connectivity index (χ0v) is 14.7. The van der Waals surface area contributed by atoms with Gasteiger partial charge >= 0.3 is 0 Å². The van der Waals surface area contributed by atoms with Crippen LogP contribution in [0.25, 0.3) is 10.9 Å². The standard InChI is InChI=1S/C16H21N3O2S.ClH/c1-12-6-7-14(13-5-4-10-18-15(12)13)22(20,21)19-16(11-17)8-2-3-9-16;/h4-7,10,19H,2-3,8-9,11,17H2,1H3;1H. The molecule has 3 rings (SSSR count). The predicted molar refractivity (Wildman–Crippen MR) is 94.3 cm³/mol. The lowest BCUT2D eigenvalue weighted by molar-refractivity contribution is 0.399. The van der Waals surface area contributed by atoms with Crippen molar-refractivity contribution in [2.45, 2.75) is 43.0 Å². The largest absolute Gasteiger partial charge is 0.329 e. The monoisotopic (exact) mass is 355 g/mol. The van der Waals surface area contributed by atoms with Crippen LogP contribution in [0.1, 0.15) is 31.2 Å². The number of pyridine rings is 1.